The lowest BCUT2D eigenvalue weighted by atomic mass is 10.0. The Labute approximate surface area is 176 Å². The molecule has 3 aromatic carbocycles. The monoisotopic (exact) mass is 402 g/mol. The fourth-order valence-electron chi connectivity index (χ4n) is 3.28. The van der Waals surface area contributed by atoms with E-state index in [9.17, 15) is 14.7 Å². The molecule has 0 saturated carbocycles. The number of imide groups is 1. The summed E-state index contributed by atoms with van der Waals surface area (Å²) in [6.45, 7) is 0.266. The molecule has 0 aromatic heterocycles. The summed E-state index contributed by atoms with van der Waals surface area (Å²) >= 11 is 0. The second-order valence-electron chi connectivity index (χ2n) is 7.26. The first kappa shape index (κ1) is 21.3. The molecule has 154 valence electrons. The van der Waals surface area contributed by atoms with E-state index in [4.69, 9.17) is 5.73 Å². The van der Waals surface area contributed by atoms with Gasteiger partial charge in [-0.2, -0.15) is 0 Å². The van der Waals surface area contributed by atoms with E-state index in [0.717, 1.165) is 16.7 Å². The van der Waals surface area contributed by atoms with Gasteiger partial charge in [-0.25, -0.2) is 0 Å². The number of nitrogens with two attached hydrogens (primary N) is 1. The molecule has 5 nitrogen and oxygen atoms in total. The number of amides is 2. The van der Waals surface area contributed by atoms with Crippen LogP contribution in [0.1, 0.15) is 16.7 Å². The summed E-state index contributed by atoms with van der Waals surface area (Å²) in [5.41, 5.74) is 8.92. The zero-order chi connectivity index (χ0) is 21.3. The summed E-state index contributed by atoms with van der Waals surface area (Å²) in [6.07, 6.45) is 0.999. The van der Waals surface area contributed by atoms with Crippen molar-refractivity contribution in [2.75, 3.05) is 6.54 Å². The van der Waals surface area contributed by atoms with Gasteiger partial charge in [-0.3, -0.25) is 14.5 Å². The Balaban J connectivity index is 1.73. The molecule has 0 aliphatic carbocycles. The van der Waals surface area contributed by atoms with Crippen LogP contribution in [0.25, 0.3) is 0 Å². The molecule has 0 fully saturated rings. The molecule has 2 amide bonds. The Bertz CT molecular complexity index is 957. The number of rotatable bonds is 8. The van der Waals surface area contributed by atoms with E-state index < -0.39 is 6.04 Å². The fourth-order valence-corrected chi connectivity index (χ4v) is 3.28. The summed E-state index contributed by atoms with van der Waals surface area (Å²) in [4.78, 5) is 27.4. The minimum absolute atomic E-state index is 0.0683. The van der Waals surface area contributed by atoms with Crippen LogP contribution in [0.15, 0.2) is 84.9 Å². The molecule has 0 radical (unpaired) electrons. The van der Waals surface area contributed by atoms with Crippen LogP contribution in [-0.2, 0) is 28.9 Å². The van der Waals surface area contributed by atoms with Crippen molar-refractivity contribution in [3.63, 3.8) is 0 Å². The maximum absolute atomic E-state index is 13.1. The molecule has 0 bridgehead atoms. The van der Waals surface area contributed by atoms with Gasteiger partial charge in [-0.05, 0) is 41.7 Å². The molecule has 1 unspecified atom stereocenters. The summed E-state index contributed by atoms with van der Waals surface area (Å²) < 4.78 is 0. The molecule has 0 aliphatic rings. The predicted molar refractivity (Wildman–Crippen MR) is 117 cm³/mol. The molecular weight excluding hydrogens is 376 g/mol. The van der Waals surface area contributed by atoms with Crippen molar-refractivity contribution >= 4 is 11.8 Å². The number of aromatic hydroxyl groups is 1. The number of hydrogen-bond acceptors (Lipinski definition) is 4. The maximum Gasteiger partial charge on any atom is 0.246 e. The second-order valence-corrected chi connectivity index (χ2v) is 7.26. The summed E-state index contributed by atoms with van der Waals surface area (Å²) in [5.74, 6) is -0.545. The second kappa shape index (κ2) is 10.4. The largest absolute Gasteiger partial charge is 0.508 e. The highest BCUT2D eigenvalue weighted by molar-refractivity contribution is 5.98. The van der Waals surface area contributed by atoms with Crippen LogP contribution < -0.4 is 5.73 Å². The van der Waals surface area contributed by atoms with Crippen LogP contribution in [0, 0.1) is 0 Å². The molecule has 0 spiro atoms. The van der Waals surface area contributed by atoms with Gasteiger partial charge in [0.15, 0.2) is 0 Å². The van der Waals surface area contributed by atoms with E-state index in [1.807, 2.05) is 60.7 Å². The molecule has 5 heteroatoms. The van der Waals surface area contributed by atoms with Gasteiger partial charge >= 0.3 is 0 Å². The summed E-state index contributed by atoms with van der Waals surface area (Å²) in [7, 11) is 0. The van der Waals surface area contributed by atoms with Crippen LogP contribution in [0.3, 0.4) is 0 Å². The zero-order valence-electron chi connectivity index (χ0n) is 16.8. The lowest BCUT2D eigenvalue weighted by molar-refractivity contribution is -0.145. The van der Waals surface area contributed by atoms with Gasteiger partial charge in [0.2, 0.25) is 11.8 Å². The fraction of sp³-hybridized carbons (Fsp3) is 0.200. The van der Waals surface area contributed by atoms with Gasteiger partial charge < -0.3 is 10.8 Å². The summed E-state index contributed by atoms with van der Waals surface area (Å²) in [5, 5.41) is 9.45. The minimum atomic E-state index is -0.799. The van der Waals surface area contributed by atoms with E-state index in [-0.39, 0.29) is 30.5 Å². The van der Waals surface area contributed by atoms with Gasteiger partial charge in [0.25, 0.3) is 0 Å². The minimum Gasteiger partial charge on any atom is -0.508 e. The molecule has 3 N–H and O–H groups in total. The lowest BCUT2D eigenvalue weighted by Gasteiger charge is -2.24. The normalized spacial score (nSPS) is 11.6. The Kier molecular flexibility index (Phi) is 7.35. The first-order chi connectivity index (χ1) is 14.5. The molecular formula is C25H26N2O3. The standard InChI is InChI=1S/C25H26N2O3/c26-23(17-20-9-5-2-6-10-20)25(30)27(16-15-19-7-3-1-4-8-19)24(29)18-21-11-13-22(28)14-12-21/h1-14,23,28H,15-18,26H2. The van der Waals surface area contributed by atoms with Crippen molar-refractivity contribution in [3.8, 4) is 5.75 Å². The van der Waals surface area contributed by atoms with Crippen molar-refractivity contribution in [1.82, 2.24) is 4.90 Å². The van der Waals surface area contributed by atoms with Crippen LogP contribution in [-0.4, -0.2) is 34.4 Å². The van der Waals surface area contributed by atoms with Gasteiger partial charge in [0.05, 0.1) is 12.5 Å². The molecule has 0 saturated heterocycles. The van der Waals surface area contributed by atoms with E-state index in [2.05, 4.69) is 0 Å². The topological polar surface area (TPSA) is 83.6 Å². The van der Waals surface area contributed by atoms with E-state index in [0.29, 0.717) is 12.8 Å². The molecule has 3 rings (SSSR count). The van der Waals surface area contributed by atoms with Crippen LogP contribution in [0.2, 0.25) is 0 Å². The number of nitrogens with zero attached hydrogens (tertiary/aromatic N) is 1. The van der Waals surface area contributed by atoms with Gasteiger partial charge in [0.1, 0.15) is 5.75 Å². The molecule has 30 heavy (non-hydrogen) atoms. The first-order valence-corrected chi connectivity index (χ1v) is 9.98. The predicted octanol–water partition coefficient (Wildman–Crippen LogP) is 3.10. The van der Waals surface area contributed by atoms with Gasteiger partial charge in [0, 0.05) is 6.54 Å². The zero-order valence-corrected chi connectivity index (χ0v) is 16.8. The Hall–Kier alpha value is -3.44. The molecule has 1 atom stereocenters. The molecule has 0 aliphatic heterocycles. The van der Waals surface area contributed by atoms with E-state index in [1.165, 1.54) is 17.0 Å². The van der Waals surface area contributed by atoms with Crippen molar-refractivity contribution in [2.24, 2.45) is 5.73 Å². The Morgan fingerprint density at radius 2 is 1.37 bits per heavy atom. The van der Waals surface area contributed by atoms with Gasteiger partial charge in [-0.15, -0.1) is 0 Å². The van der Waals surface area contributed by atoms with Crippen molar-refractivity contribution in [3.05, 3.63) is 102 Å². The number of carbonyl (C=O) groups is 2. The first-order valence-electron chi connectivity index (χ1n) is 9.98. The number of hydrogen-bond donors (Lipinski definition) is 2. The average molecular weight is 402 g/mol. The number of benzene rings is 3. The lowest BCUT2D eigenvalue weighted by Crippen LogP contribution is -2.49. The van der Waals surface area contributed by atoms with Gasteiger partial charge in [-0.1, -0.05) is 72.8 Å². The average Bonchev–Trinajstić information content (AvgIpc) is 2.77. The van der Waals surface area contributed by atoms with Crippen LogP contribution in [0.5, 0.6) is 5.75 Å². The number of phenolic OH excluding ortho intramolecular Hbond substituents is 1. The van der Waals surface area contributed by atoms with Crippen LogP contribution >= 0.6 is 0 Å². The number of carbonyl (C=O) groups excluding carboxylic acids is 2. The highest BCUT2D eigenvalue weighted by atomic mass is 16.3. The Morgan fingerprint density at radius 3 is 1.97 bits per heavy atom. The Morgan fingerprint density at radius 1 is 0.800 bits per heavy atom. The van der Waals surface area contributed by atoms with Crippen molar-refractivity contribution < 1.29 is 14.7 Å². The quantitative estimate of drug-likeness (QED) is 0.606. The molecule has 3 aromatic rings. The third-order valence-electron chi connectivity index (χ3n) is 4.94. The number of phenols is 1. The summed E-state index contributed by atoms with van der Waals surface area (Å²) in [6, 6.07) is 24.9. The SMILES string of the molecule is NC(Cc1ccccc1)C(=O)N(CCc1ccccc1)C(=O)Cc1ccc(O)cc1. The third-order valence-corrected chi connectivity index (χ3v) is 4.94. The highest BCUT2D eigenvalue weighted by Crippen LogP contribution is 2.13. The van der Waals surface area contributed by atoms with E-state index >= 15 is 0 Å². The van der Waals surface area contributed by atoms with Crippen molar-refractivity contribution in [2.45, 2.75) is 25.3 Å². The smallest absolute Gasteiger partial charge is 0.246 e. The third kappa shape index (κ3) is 6.03. The maximum atomic E-state index is 13.1. The molecule has 0 heterocycles. The van der Waals surface area contributed by atoms with Crippen molar-refractivity contribution in [1.29, 1.82) is 0 Å². The van der Waals surface area contributed by atoms with E-state index in [1.54, 1.807) is 12.1 Å². The highest BCUT2D eigenvalue weighted by Gasteiger charge is 2.26. The van der Waals surface area contributed by atoms with Crippen LogP contribution in [0.4, 0.5) is 0 Å².